The summed E-state index contributed by atoms with van der Waals surface area (Å²) in [7, 11) is -3.51. The number of hydrogen-bond donors (Lipinski definition) is 0. The van der Waals surface area contributed by atoms with Crippen molar-refractivity contribution in [1.29, 1.82) is 0 Å². The van der Waals surface area contributed by atoms with E-state index in [1.807, 2.05) is 13.8 Å². The number of hydrogen-bond acceptors (Lipinski definition) is 5. The van der Waals surface area contributed by atoms with Crippen molar-refractivity contribution in [3.63, 3.8) is 0 Å². The lowest BCUT2D eigenvalue weighted by Gasteiger charge is -2.03. The molecule has 0 N–H and O–H groups in total. The first-order valence-electron chi connectivity index (χ1n) is 4.93. The standard InChI is InChI=1S/C9H11Cl3N2O2S2/c1-6(2)4-3-5-18(15,16)8-14-13-7(17-8)9(10,11)12/h3-4,6H,5H2,1-2H3. The van der Waals surface area contributed by atoms with Gasteiger partial charge in [-0.2, -0.15) is 0 Å². The molecule has 1 rings (SSSR count). The summed E-state index contributed by atoms with van der Waals surface area (Å²) in [6.45, 7) is 3.91. The van der Waals surface area contributed by atoms with E-state index in [-0.39, 0.29) is 21.0 Å². The first kappa shape index (κ1) is 16.2. The van der Waals surface area contributed by atoms with Crippen LogP contribution < -0.4 is 0 Å². The highest BCUT2D eigenvalue weighted by Crippen LogP contribution is 2.40. The molecule has 0 aliphatic heterocycles. The van der Waals surface area contributed by atoms with Crippen LogP contribution in [0.1, 0.15) is 18.9 Å². The average Bonchev–Trinajstić information content (AvgIpc) is 2.64. The Bertz CT molecular complexity index is 532. The minimum absolute atomic E-state index is 0.0407. The summed E-state index contributed by atoms with van der Waals surface area (Å²) in [5, 5.41) is 7.15. The first-order chi connectivity index (χ1) is 8.13. The summed E-state index contributed by atoms with van der Waals surface area (Å²) < 4.78 is 21.9. The van der Waals surface area contributed by atoms with Crippen LogP contribution in [-0.2, 0) is 13.6 Å². The normalized spacial score (nSPS) is 13.7. The molecule has 0 fully saturated rings. The van der Waals surface area contributed by atoms with Crippen molar-refractivity contribution < 1.29 is 8.42 Å². The molecule has 9 heteroatoms. The predicted octanol–water partition coefficient (Wildman–Crippen LogP) is 3.35. The summed E-state index contributed by atoms with van der Waals surface area (Å²) in [6.07, 6.45) is 3.38. The van der Waals surface area contributed by atoms with Crippen LogP contribution in [0.25, 0.3) is 0 Å². The van der Waals surface area contributed by atoms with Gasteiger partial charge in [0.2, 0.25) is 18.0 Å². The van der Waals surface area contributed by atoms with E-state index >= 15 is 0 Å². The quantitative estimate of drug-likeness (QED) is 0.618. The van der Waals surface area contributed by atoms with E-state index in [0.29, 0.717) is 0 Å². The predicted molar refractivity (Wildman–Crippen MR) is 75.2 cm³/mol. The number of nitrogens with zero attached hydrogens (tertiary/aromatic N) is 2. The smallest absolute Gasteiger partial charge is 0.221 e. The zero-order valence-corrected chi connectivity index (χ0v) is 13.5. The summed E-state index contributed by atoms with van der Waals surface area (Å²) in [6, 6.07) is 0. The van der Waals surface area contributed by atoms with E-state index in [1.165, 1.54) is 0 Å². The van der Waals surface area contributed by atoms with E-state index in [0.717, 1.165) is 11.3 Å². The zero-order chi connectivity index (χ0) is 14.0. The van der Waals surface area contributed by atoms with E-state index in [1.54, 1.807) is 12.2 Å². The van der Waals surface area contributed by atoms with E-state index in [9.17, 15) is 8.42 Å². The van der Waals surface area contributed by atoms with E-state index < -0.39 is 13.6 Å². The molecule has 1 heterocycles. The van der Waals surface area contributed by atoms with Crippen molar-refractivity contribution in [1.82, 2.24) is 10.2 Å². The third kappa shape index (κ3) is 4.66. The number of aromatic nitrogens is 2. The highest BCUT2D eigenvalue weighted by molar-refractivity contribution is 7.93. The third-order valence-electron chi connectivity index (χ3n) is 1.75. The molecule has 0 aliphatic rings. The van der Waals surface area contributed by atoms with Crippen LogP contribution in [0.2, 0.25) is 0 Å². The van der Waals surface area contributed by atoms with Crippen LogP contribution in [0.5, 0.6) is 0 Å². The van der Waals surface area contributed by atoms with Crippen molar-refractivity contribution in [2.24, 2.45) is 5.92 Å². The SMILES string of the molecule is CC(C)C=CCS(=O)(=O)c1nnc(C(Cl)(Cl)Cl)s1. The Morgan fingerprint density at radius 3 is 2.39 bits per heavy atom. The van der Waals surface area contributed by atoms with E-state index in [4.69, 9.17) is 34.8 Å². The molecule has 0 atom stereocenters. The monoisotopic (exact) mass is 348 g/mol. The lowest BCUT2D eigenvalue weighted by Crippen LogP contribution is -2.04. The van der Waals surface area contributed by atoms with Gasteiger partial charge in [-0.3, -0.25) is 0 Å². The number of rotatable bonds is 4. The lowest BCUT2D eigenvalue weighted by atomic mass is 10.2. The molecule has 1 aromatic heterocycles. The fraction of sp³-hybridized carbons (Fsp3) is 0.556. The second kappa shape index (κ2) is 6.05. The van der Waals surface area contributed by atoms with Crippen LogP contribution in [-0.4, -0.2) is 24.4 Å². The summed E-state index contributed by atoms with van der Waals surface area (Å²) in [5.41, 5.74) is 0. The highest BCUT2D eigenvalue weighted by Gasteiger charge is 2.30. The Labute approximate surface area is 125 Å². The van der Waals surface area contributed by atoms with Crippen molar-refractivity contribution in [2.45, 2.75) is 22.0 Å². The van der Waals surface area contributed by atoms with Gasteiger partial charge in [0.1, 0.15) is 0 Å². The van der Waals surface area contributed by atoms with Gasteiger partial charge in [-0.15, -0.1) is 10.2 Å². The van der Waals surface area contributed by atoms with Gasteiger partial charge in [-0.05, 0) is 5.92 Å². The van der Waals surface area contributed by atoms with Crippen molar-refractivity contribution >= 4 is 56.0 Å². The van der Waals surface area contributed by atoms with Crippen molar-refractivity contribution in [3.05, 3.63) is 17.2 Å². The minimum atomic E-state index is -3.51. The maximum atomic E-state index is 11.9. The molecule has 0 aliphatic carbocycles. The third-order valence-corrected chi connectivity index (χ3v) is 5.72. The van der Waals surface area contributed by atoms with Gasteiger partial charge < -0.3 is 0 Å². The Hall–Kier alpha value is 0.120. The maximum absolute atomic E-state index is 11.9. The second-order valence-electron chi connectivity index (χ2n) is 3.82. The average molecular weight is 350 g/mol. The first-order valence-corrected chi connectivity index (χ1v) is 8.53. The second-order valence-corrected chi connectivity index (χ2v) is 9.29. The van der Waals surface area contributed by atoms with Gasteiger partial charge in [0.05, 0.1) is 5.75 Å². The minimum Gasteiger partial charge on any atom is -0.221 e. The Balaban J connectivity index is 2.90. The van der Waals surface area contributed by atoms with Crippen molar-refractivity contribution in [2.75, 3.05) is 5.75 Å². The Kier molecular flexibility index (Phi) is 5.44. The number of allylic oxidation sites excluding steroid dienone is 1. The lowest BCUT2D eigenvalue weighted by molar-refractivity contribution is 0.597. The van der Waals surface area contributed by atoms with Crippen LogP contribution in [0, 0.1) is 5.92 Å². The molecule has 0 saturated heterocycles. The molecule has 0 bridgehead atoms. The topological polar surface area (TPSA) is 59.9 Å². The van der Waals surface area contributed by atoms with Gasteiger partial charge in [-0.1, -0.05) is 72.1 Å². The molecule has 0 amide bonds. The maximum Gasteiger partial charge on any atom is 0.243 e. The fourth-order valence-corrected chi connectivity index (χ4v) is 3.50. The molecule has 18 heavy (non-hydrogen) atoms. The fourth-order valence-electron chi connectivity index (χ4n) is 0.976. The van der Waals surface area contributed by atoms with Crippen LogP contribution >= 0.6 is 46.1 Å². The van der Waals surface area contributed by atoms with Gasteiger partial charge >= 0.3 is 0 Å². The highest BCUT2D eigenvalue weighted by atomic mass is 35.6. The molecule has 0 spiro atoms. The van der Waals surface area contributed by atoms with Crippen LogP contribution in [0.3, 0.4) is 0 Å². The molecule has 0 unspecified atom stereocenters. The Morgan fingerprint density at radius 2 is 1.94 bits per heavy atom. The van der Waals surface area contributed by atoms with Gasteiger partial charge in [-0.25, -0.2) is 8.42 Å². The molecule has 0 radical (unpaired) electrons. The Morgan fingerprint density at radius 1 is 1.33 bits per heavy atom. The van der Waals surface area contributed by atoms with Crippen molar-refractivity contribution in [3.8, 4) is 0 Å². The molecule has 1 aromatic rings. The van der Waals surface area contributed by atoms with Gasteiger partial charge in [0, 0.05) is 0 Å². The molecule has 4 nitrogen and oxygen atoms in total. The number of sulfone groups is 1. The summed E-state index contributed by atoms with van der Waals surface area (Å²) >= 11 is 17.6. The molecular weight excluding hydrogens is 339 g/mol. The largest absolute Gasteiger partial charge is 0.243 e. The van der Waals surface area contributed by atoms with Crippen LogP contribution in [0.15, 0.2) is 16.5 Å². The molecule has 0 saturated carbocycles. The molecule has 102 valence electrons. The van der Waals surface area contributed by atoms with E-state index in [2.05, 4.69) is 10.2 Å². The number of halogens is 3. The summed E-state index contributed by atoms with van der Waals surface area (Å²) in [5.74, 6) is 0.144. The van der Waals surface area contributed by atoms with Gasteiger partial charge in [0.15, 0.2) is 5.01 Å². The zero-order valence-electron chi connectivity index (χ0n) is 9.60. The number of alkyl halides is 3. The summed E-state index contributed by atoms with van der Waals surface area (Å²) in [4.78, 5) is 0. The molecular formula is C9H11Cl3N2O2S2. The van der Waals surface area contributed by atoms with Gasteiger partial charge in [0.25, 0.3) is 0 Å². The van der Waals surface area contributed by atoms with Crippen LogP contribution in [0.4, 0.5) is 0 Å². The molecule has 0 aromatic carbocycles.